The van der Waals surface area contributed by atoms with Gasteiger partial charge in [0.25, 0.3) is 5.78 Å². The first kappa shape index (κ1) is 24.5. The van der Waals surface area contributed by atoms with Crippen LogP contribution in [0.25, 0.3) is 16.0 Å². The number of ketones is 1. The van der Waals surface area contributed by atoms with E-state index in [4.69, 9.17) is 14.5 Å². The number of rotatable bonds is 6. The predicted octanol–water partition coefficient (Wildman–Crippen LogP) is 5.95. The fraction of sp³-hybridized carbons (Fsp3) is 0.207. The SMILES string of the molecule is CCOc1ccc(/C(O)=C2\C(=O)C(=O)N(c3nc4c(C)cc(C)cc4s3)C2c2ccccc2OC)cc1. The summed E-state index contributed by atoms with van der Waals surface area (Å²) in [4.78, 5) is 33.2. The Bertz CT molecular complexity index is 1550. The van der Waals surface area contributed by atoms with Gasteiger partial charge in [-0.2, -0.15) is 0 Å². The molecule has 4 aromatic rings. The minimum atomic E-state index is -0.926. The van der Waals surface area contributed by atoms with E-state index in [0.717, 1.165) is 21.3 Å². The Balaban J connectivity index is 1.73. The van der Waals surface area contributed by atoms with Gasteiger partial charge in [-0.05, 0) is 68.3 Å². The monoisotopic (exact) mass is 514 g/mol. The molecule has 1 saturated heterocycles. The van der Waals surface area contributed by atoms with E-state index in [9.17, 15) is 14.7 Å². The molecular formula is C29H26N2O5S. The van der Waals surface area contributed by atoms with E-state index < -0.39 is 17.7 Å². The number of aromatic nitrogens is 1. The molecule has 0 saturated carbocycles. The zero-order valence-corrected chi connectivity index (χ0v) is 21.8. The second-order valence-corrected chi connectivity index (χ2v) is 9.80. The van der Waals surface area contributed by atoms with E-state index in [1.54, 1.807) is 42.5 Å². The highest BCUT2D eigenvalue weighted by Crippen LogP contribution is 2.46. The summed E-state index contributed by atoms with van der Waals surface area (Å²) in [6.07, 6.45) is 0. The van der Waals surface area contributed by atoms with Gasteiger partial charge in [-0.1, -0.05) is 35.6 Å². The number of thiazole rings is 1. The van der Waals surface area contributed by atoms with Crippen molar-refractivity contribution >= 4 is 44.1 Å². The Hall–Kier alpha value is -4.17. The van der Waals surface area contributed by atoms with Gasteiger partial charge in [-0.15, -0.1) is 0 Å². The van der Waals surface area contributed by atoms with E-state index in [0.29, 0.717) is 34.4 Å². The van der Waals surface area contributed by atoms with Crippen LogP contribution in [0, 0.1) is 13.8 Å². The fourth-order valence-electron chi connectivity index (χ4n) is 4.71. The number of anilines is 1. The number of fused-ring (bicyclic) bond motifs is 1. The van der Waals surface area contributed by atoms with Crippen molar-refractivity contribution in [2.45, 2.75) is 26.8 Å². The number of methoxy groups -OCH3 is 1. The van der Waals surface area contributed by atoms with Crippen molar-refractivity contribution in [2.75, 3.05) is 18.6 Å². The van der Waals surface area contributed by atoms with Crippen LogP contribution < -0.4 is 14.4 Å². The number of aliphatic hydroxyl groups is 1. The summed E-state index contributed by atoms with van der Waals surface area (Å²) in [7, 11) is 1.53. The molecule has 1 aromatic heterocycles. The van der Waals surface area contributed by atoms with Crippen LogP contribution in [0.4, 0.5) is 5.13 Å². The van der Waals surface area contributed by atoms with E-state index in [2.05, 4.69) is 0 Å². The van der Waals surface area contributed by atoms with Crippen molar-refractivity contribution in [3.8, 4) is 11.5 Å². The van der Waals surface area contributed by atoms with Gasteiger partial charge in [0.2, 0.25) is 0 Å². The number of nitrogens with zero attached hydrogens (tertiary/aromatic N) is 2. The second-order valence-electron chi connectivity index (χ2n) is 8.79. The molecule has 1 N–H and O–H groups in total. The van der Waals surface area contributed by atoms with Crippen LogP contribution in [0.2, 0.25) is 0 Å². The first-order valence-corrected chi connectivity index (χ1v) is 12.7. The van der Waals surface area contributed by atoms with Crippen molar-refractivity contribution in [1.29, 1.82) is 0 Å². The Morgan fingerprint density at radius 1 is 1.08 bits per heavy atom. The van der Waals surface area contributed by atoms with Gasteiger partial charge in [0, 0.05) is 11.1 Å². The number of hydrogen-bond donors (Lipinski definition) is 1. The molecule has 5 rings (SSSR count). The molecule has 1 unspecified atom stereocenters. The lowest BCUT2D eigenvalue weighted by atomic mass is 9.94. The third kappa shape index (κ3) is 4.23. The van der Waals surface area contributed by atoms with Gasteiger partial charge < -0.3 is 14.6 Å². The molecular weight excluding hydrogens is 488 g/mol. The molecule has 1 atom stereocenters. The summed E-state index contributed by atoms with van der Waals surface area (Å²) in [6.45, 7) is 6.36. The lowest BCUT2D eigenvalue weighted by molar-refractivity contribution is -0.132. The van der Waals surface area contributed by atoms with Crippen molar-refractivity contribution in [3.05, 3.63) is 88.5 Å². The molecule has 8 heteroatoms. The van der Waals surface area contributed by atoms with E-state index in [-0.39, 0.29) is 11.3 Å². The molecule has 1 fully saturated rings. The molecule has 188 valence electrons. The Kier molecular flexibility index (Phi) is 6.43. The predicted molar refractivity (Wildman–Crippen MR) is 144 cm³/mol. The fourth-order valence-corrected chi connectivity index (χ4v) is 5.88. The average Bonchev–Trinajstić information content (AvgIpc) is 3.42. The third-order valence-electron chi connectivity index (χ3n) is 6.34. The normalized spacial score (nSPS) is 17.0. The lowest BCUT2D eigenvalue weighted by Crippen LogP contribution is -2.29. The first-order valence-electron chi connectivity index (χ1n) is 11.9. The van der Waals surface area contributed by atoms with Crippen molar-refractivity contribution in [1.82, 2.24) is 4.98 Å². The number of carbonyl (C=O) groups excluding carboxylic acids is 2. The summed E-state index contributed by atoms with van der Waals surface area (Å²) in [6, 6.07) is 17.0. The zero-order chi connectivity index (χ0) is 26.3. The topological polar surface area (TPSA) is 89.0 Å². The summed E-state index contributed by atoms with van der Waals surface area (Å²) in [5, 5.41) is 11.8. The summed E-state index contributed by atoms with van der Waals surface area (Å²) in [5.74, 6) is -0.676. The van der Waals surface area contributed by atoms with Gasteiger partial charge in [0.05, 0.1) is 29.5 Å². The van der Waals surface area contributed by atoms with E-state index >= 15 is 0 Å². The van der Waals surface area contributed by atoms with Crippen LogP contribution in [-0.4, -0.2) is 35.5 Å². The number of amides is 1. The van der Waals surface area contributed by atoms with Gasteiger partial charge in [0.15, 0.2) is 5.13 Å². The molecule has 0 bridgehead atoms. The van der Waals surface area contributed by atoms with Crippen LogP contribution in [0.5, 0.6) is 11.5 Å². The van der Waals surface area contributed by atoms with Crippen molar-refractivity contribution in [3.63, 3.8) is 0 Å². The smallest absolute Gasteiger partial charge is 0.301 e. The van der Waals surface area contributed by atoms with Crippen LogP contribution in [0.15, 0.2) is 66.2 Å². The van der Waals surface area contributed by atoms with Crippen molar-refractivity contribution in [2.24, 2.45) is 0 Å². The number of benzene rings is 3. The molecule has 37 heavy (non-hydrogen) atoms. The van der Waals surface area contributed by atoms with Crippen LogP contribution in [-0.2, 0) is 9.59 Å². The van der Waals surface area contributed by atoms with E-state index in [1.807, 2.05) is 39.0 Å². The number of hydrogen-bond acceptors (Lipinski definition) is 7. The number of aryl methyl sites for hydroxylation is 2. The number of aliphatic hydroxyl groups excluding tert-OH is 1. The molecule has 2 heterocycles. The highest BCUT2D eigenvalue weighted by molar-refractivity contribution is 7.22. The summed E-state index contributed by atoms with van der Waals surface area (Å²) in [5.41, 5.74) is 3.79. The third-order valence-corrected chi connectivity index (χ3v) is 7.34. The molecule has 0 radical (unpaired) electrons. The van der Waals surface area contributed by atoms with Gasteiger partial charge in [-0.25, -0.2) is 4.98 Å². The Morgan fingerprint density at radius 2 is 1.81 bits per heavy atom. The second kappa shape index (κ2) is 9.71. The van der Waals surface area contributed by atoms with Crippen LogP contribution in [0.1, 0.15) is 35.2 Å². The van der Waals surface area contributed by atoms with Gasteiger partial charge in [-0.3, -0.25) is 14.5 Å². The molecule has 3 aromatic carbocycles. The highest BCUT2D eigenvalue weighted by atomic mass is 32.1. The average molecular weight is 515 g/mol. The highest BCUT2D eigenvalue weighted by Gasteiger charge is 2.49. The molecule has 1 aliphatic heterocycles. The summed E-state index contributed by atoms with van der Waals surface area (Å²) >= 11 is 1.34. The minimum absolute atomic E-state index is 0.0224. The lowest BCUT2D eigenvalue weighted by Gasteiger charge is -2.24. The Morgan fingerprint density at radius 3 is 2.51 bits per heavy atom. The quantitative estimate of drug-likeness (QED) is 0.194. The number of para-hydroxylation sites is 1. The molecule has 0 spiro atoms. The maximum atomic E-state index is 13.5. The minimum Gasteiger partial charge on any atom is -0.507 e. The molecule has 1 aliphatic rings. The standard InChI is InChI=1S/C29H26N2O5S/c1-5-36-19-12-10-18(11-13-19)26(32)23-25(20-8-6-7-9-21(20)35-4)31(28(34)27(23)33)29-30-24-17(3)14-16(2)15-22(24)37-29/h6-15,25,32H,5H2,1-4H3/b26-23+. The zero-order valence-electron chi connectivity index (χ0n) is 20.9. The van der Waals surface area contributed by atoms with Crippen LogP contribution >= 0.6 is 11.3 Å². The number of ether oxygens (including phenoxy) is 2. The van der Waals surface area contributed by atoms with E-state index in [1.165, 1.54) is 23.3 Å². The van der Waals surface area contributed by atoms with Crippen molar-refractivity contribution < 1.29 is 24.2 Å². The summed E-state index contributed by atoms with van der Waals surface area (Å²) < 4.78 is 12.0. The molecule has 7 nitrogen and oxygen atoms in total. The van der Waals surface area contributed by atoms with Gasteiger partial charge in [0.1, 0.15) is 23.3 Å². The molecule has 0 aliphatic carbocycles. The first-order chi connectivity index (χ1) is 17.8. The van der Waals surface area contributed by atoms with Crippen LogP contribution in [0.3, 0.4) is 0 Å². The largest absolute Gasteiger partial charge is 0.507 e. The Labute approximate surface area is 218 Å². The number of Topliss-reactive ketones (excluding diaryl/α,β-unsaturated/α-hetero) is 1. The maximum absolute atomic E-state index is 13.5. The maximum Gasteiger partial charge on any atom is 0.301 e. The van der Waals surface area contributed by atoms with Gasteiger partial charge >= 0.3 is 5.91 Å². The number of carbonyl (C=O) groups is 2. The molecule has 1 amide bonds.